The number of rotatable bonds is 6. The maximum Gasteiger partial charge on any atom is 0.128 e. The van der Waals surface area contributed by atoms with Gasteiger partial charge in [0.15, 0.2) is 0 Å². The first-order chi connectivity index (χ1) is 10.1. The lowest BCUT2D eigenvalue weighted by atomic mass is 10.2. The van der Waals surface area contributed by atoms with E-state index in [4.69, 9.17) is 4.74 Å². The Labute approximate surface area is 124 Å². The van der Waals surface area contributed by atoms with Crippen LogP contribution in [0.5, 0.6) is 5.75 Å². The van der Waals surface area contributed by atoms with Crippen molar-refractivity contribution in [3.05, 3.63) is 59.4 Å². The summed E-state index contributed by atoms with van der Waals surface area (Å²) in [6.07, 6.45) is -0.673. The number of aliphatic hydroxyl groups is 1. The molecule has 1 atom stereocenters. The van der Waals surface area contributed by atoms with E-state index >= 15 is 0 Å². The van der Waals surface area contributed by atoms with Crippen molar-refractivity contribution >= 4 is 5.69 Å². The van der Waals surface area contributed by atoms with Crippen LogP contribution in [-0.4, -0.2) is 24.4 Å². The summed E-state index contributed by atoms with van der Waals surface area (Å²) in [5.41, 5.74) is 2.34. The lowest BCUT2D eigenvalue weighted by molar-refractivity contribution is 0.117. The van der Waals surface area contributed by atoms with Crippen LogP contribution >= 0.6 is 0 Å². The van der Waals surface area contributed by atoms with Gasteiger partial charge in [-0.3, -0.25) is 0 Å². The van der Waals surface area contributed by atoms with Gasteiger partial charge >= 0.3 is 0 Å². The van der Waals surface area contributed by atoms with E-state index in [1.165, 1.54) is 6.07 Å². The maximum absolute atomic E-state index is 13.4. The summed E-state index contributed by atoms with van der Waals surface area (Å²) < 4.78 is 18.9. The Bertz CT molecular complexity index is 601. The topological polar surface area (TPSA) is 41.5 Å². The fraction of sp³-hybridized carbons (Fsp3) is 0.294. The summed E-state index contributed by atoms with van der Waals surface area (Å²) in [6.45, 7) is 4.17. The zero-order chi connectivity index (χ0) is 15.2. The second-order valence-corrected chi connectivity index (χ2v) is 5.07. The van der Waals surface area contributed by atoms with Crippen LogP contribution < -0.4 is 10.1 Å². The minimum absolute atomic E-state index is 0.185. The number of aryl methyl sites for hydroxylation is 1. The van der Waals surface area contributed by atoms with Gasteiger partial charge in [0.25, 0.3) is 0 Å². The smallest absolute Gasteiger partial charge is 0.128 e. The van der Waals surface area contributed by atoms with E-state index in [9.17, 15) is 9.50 Å². The van der Waals surface area contributed by atoms with Crippen molar-refractivity contribution in [3.63, 3.8) is 0 Å². The van der Waals surface area contributed by atoms with Gasteiger partial charge in [0.05, 0.1) is 0 Å². The van der Waals surface area contributed by atoms with Crippen LogP contribution in [0, 0.1) is 19.7 Å². The molecule has 0 saturated carbocycles. The number of hydrogen-bond acceptors (Lipinski definition) is 3. The van der Waals surface area contributed by atoms with Crippen LogP contribution in [0.1, 0.15) is 11.1 Å². The number of hydrogen-bond donors (Lipinski definition) is 2. The first kappa shape index (κ1) is 15.3. The Morgan fingerprint density at radius 2 is 1.95 bits per heavy atom. The quantitative estimate of drug-likeness (QED) is 0.857. The molecule has 0 bridgehead atoms. The largest absolute Gasteiger partial charge is 0.491 e. The fourth-order valence-corrected chi connectivity index (χ4v) is 1.98. The van der Waals surface area contributed by atoms with Crippen molar-refractivity contribution < 1.29 is 14.2 Å². The monoisotopic (exact) mass is 289 g/mol. The Hall–Kier alpha value is -2.07. The number of halogens is 1. The van der Waals surface area contributed by atoms with E-state index in [1.807, 2.05) is 31.2 Å². The molecular formula is C17H20FNO2. The SMILES string of the molecule is Cc1cccc(OCC(O)CNc2cccc(F)c2C)c1. The predicted molar refractivity (Wildman–Crippen MR) is 82.3 cm³/mol. The molecule has 1 unspecified atom stereocenters. The van der Waals surface area contributed by atoms with E-state index in [2.05, 4.69) is 5.32 Å². The molecule has 2 aromatic rings. The molecule has 0 saturated heterocycles. The molecule has 112 valence electrons. The molecule has 21 heavy (non-hydrogen) atoms. The third-order valence-electron chi connectivity index (χ3n) is 3.23. The molecule has 0 aliphatic carbocycles. The summed E-state index contributed by atoms with van der Waals surface area (Å²) in [5, 5.41) is 13.0. The maximum atomic E-state index is 13.4. The highest BCUT2D eigenvalue weighted by Gasteiger charge is 2.08. The van der Waals surface area contributed by atoms with Gasteiger partial charge in [0, 0.05) is 17.8 Å². The van der Waals surface area contributed by atoms with Crippen molar-refractivity contribution in [1.82, 2.24) is 0 Å². The van der Waals surface area contributed by atoms with Crippen molar-refractivity contribution in [2.45, 2.75) is 20.0 Å². The standard InChI is InChI=1S/C17H20FNO2/c1-12-5-3-6-15(9-12)21-11-14(20)10-19-17-8-4-7-16(18)13(17)2/h3-9,14,19-20H,10-11H2,1-2H3. The summed E-state index contributed by atoms with van der Waals surface area (Å²) in [4.78, 5) is 0. The van der Waals surface area contributed by atoms with E-state index in [-0.39, 0.29) is 12.4 Å². The summed E-state index contributed by atoms with van der Waals surface area (Å²) in [5.74, 6) is 0.474. The van der Waals surface area contributed by atoms with Crippen LogP contribution in [0.3, 0.4) is 0 Å². The van der Waals surface area contributed by atoms with Crippen LogP contribution in [0.15, 0.2) is 42.5 Å². The van der Waals surface area contributed by atoms with E-state index in [1.54, 1.807) is 19.1 Å². The second-order valence-electron chi connectivity index (χ2n) is 5.07. The third kappa shape index (κ3) is 4.46. The van der Waals surface area contributed by atoms with Crippen molar-refractivity contribution in [2.75, 3.05) is 18.5 Å². The predicted octanol–water partition coefficient (Wildman–Crippen LogP) is 3.29. The van der Waals surface area contributed by atoms with Crippen LogP contribution in [0.2, 0.25) is 0 Å². The molecule has 2 aromatic carbocycles. The van der Waals surface area contributed by atoms with Crippen LogP contribution in [0.25, 0.3) is 0 Å². The van der Waals surface area contributed by atoms with Gasteiger partial charge < -0.3 is 15.2 Å². The lowest BCUT2D eigenvalue weighted by Gasteiger charge is -2.15. The van der Waals surface area contributed by atoms with Crippen molar-refractivity contribution in [1.29, 1.82) is 0 Å². The zero-order valence-electron chi connectivity index (χ0n) is 12.3. The average molecular weight is 289 g/mol. The fourth-order valence-electron chi connectivity index (χ4n) is 1.98. The molecule has 2 N–H and O–H groups in total. The molecule has 0 amide bonds. The van der Waals surface area contributed by atoms with Crippen LogP contribution in [-0.2, 0) is 0 Å². The second kappa shape index (κ2) is 7.09. The molecule has 2 rings (SSSR count). The Morgan fingerprint density at radius 1 is 1.19 bits per heavy atom. The van der Waals surface area contributed by atoms with E-state index in [0.29, 0.717) is 17.8 Å². The highest BCUT2D eigenvalue weighted by molar-refractivity contribution is 5.50. The minimum Gasteiger partial charge on any atom is -0.491 e. The van der Waals surface area contributed by atoms with E-state index < -0.39 is 6.10 Å². The third-order valence-corrected chi connectivity index (χ3v) is 3.23. The molecule has 0 aromatic heterocycles. The van der Waals surface area contributed by atoms with Crippen molar-refractivity contribution in [2.24, 2.45) is 0 Å². The van der Waals surface area contributed by atoms with Gasteiger partial charge in [-0.2, -0.15) is 0 Å². The molecule has 0 aliphatic heterocycles. The highest BCUT2D eigenvalue weighted by Crippen LogP contribution is 2.17. The molecule has 0 fully saturated rings. The first-order valence-electron chi connectivity index (χ1n) is 6.93. The Kier molecular flexibility index (Phi) is 5.17. The number of aliphatic hydroxyl groups excluding tert-OH is 1. The lowest BCUT2D eigenvalue weighted by Crippen LogP contribution is -2.26. The molecule has 3 nitrogen and oxygen atoms in total. The van der Waals surface area contributed by atoms with Crippen LogP contribution in [0.4, 0.5) is 10.1 Å². The van der Waals surface area contributed by atoms with Gasteiger partial charge in [-0.25, -0.2) is 4.39 Å². The first-order valence-corrected chi connectivity index (χ1v) is 6.93. The average Bonchev–Trinajstić information content (AvgIpc) is 2.47. The number of anilines is 1. The zero-order valence-corrected chi connectivity index (χ0v) is 12.3. The van der Waals surface area contributed by atoms with Gasteiger partial charge in [0.2, 0.25) is 0 Å². The Balaban J connectivity index is 1.82. The Morgan fingerprint density at radius 3 is 2.71 bits per heavy atom. The molecule has 0 spiro atoms. The molecule has 0 aliphatic rings. The summed E-state index contributed by atoms with van der Waals surface area (Å²) in [7, 11) is 0. The molecule has 0 heterocycles. The van der Waals surface area contributed by atoms with Crippen molar-refractivity contribution in [3.8, 4) is 5.75 Å². The van der Waals surface area contributed by atoms with Gasteiger partial charge in [-0.15, -0.1) is 0 Å². The highest BCUT2D eigenvalue weighted by atomic mass is 19.1. The molecule has 0 radical (unpaired) electrons. The molecular weight excluding hydrogens is 269 g/mol. The summed E-state index contributed by atoms with van der Waals surface area (Å²) >= 11 is 0. The van der Waals surface area contributed by atoms with Gasteiger partial charge in [0.1, 0.15) is 24.3 Å². The number of nitrogens with one attached hydrogen (secondary N) is 1. The van der Waals surface area contributed by atoms with Gasteiger partial charge in [-0.1, -0.05) is 18.2 Å². The number of ether oxygens (including phenoxy) is 1. The molecule has 4 heteroatoms. The normalized spacial score (nSPS) is 12.0. The van der Waals surface area contributed by atoms with Gasteiger partial charge in [-0.05, 0) is 43.7 Å². The summed E-state index contributed by atoms with van der Waals surface area (Å²) in [6, 6.07) is 12.5. The number of benzene rings is 2. The van der Waals surface area contributed by atoms with E-state index in [0.717, 1.165) is 11.3 Å². The minimum atomic E-state index is -0.673.